The molecule has 1 aromatic carbocycles. The molecule has 0 aliphatic rings. The molecule has 0 spiro atoms. The highest BCUT2D eigenvalue weighted by molar-refractivity contribution is 6.74. The van der Waals surface area contributed by atoms with Crippen molar-refractivity contribution in [1.29, 1.82) is 0 Å². The van der Waals surface area contributed by atoms with Crippen LogP contribution in [0.3, 0.4) is 0 Å². The molecule has 25 heavy (non-hydrogen) atoms. The maximum absolute atomic E-state index is 6.30. The molecule has 0 saturated heterocycles. The molecule has 0 fully saturated rings. The molecule has 0 saturated carbocycles. The molecule has 0 amide bonds. The zero-order valence-electron chi connectivity index (χ0n) is 17.7. The molecule has 0 N–H and O–H groups in total. The van der Waals surface area contributed by atoms with Gasteiger partial charge in [-0.05, 0) is 69.3 Å². The van der Waals surface area contributed by atoms with Gasteiger partial charge in [0.25, 0.3) is 0 Å². The summed E-state index contributed by atoms with van der Waals surface area (Å²) in [4.78, 5) is 0. The first kappa shape index (κ1) is 21.9. The Bertz CT molecular complexity index is 582. The van der Waals surface area contributed by atoms with Gasteiger partial charge in [0, 0.05) is 0 Å². The summed E-state index contributed by atoms with van der Waals surface area (Å²) in [7, 11) is -1.67. The van der Waals surface area contributed by atoms with E-state index in [9.17, 15) is 0 Å². The third-order valence-electron chi connectivity index (χ3n) is 5.21. The Balaban J connectivity index is 2.52. The lowest BCUT2D eigenvalue weighted by Gasteiger charge is -2.36. The second-order valence-electron chi connectivity index (χ2n) is 8.94. The Hall–Kier alpha value is -1.12. The van der Waals surface area contributed by atoms with Gasteiger partial charge in [-0.15, -0.1) is 0 Å². The smallest absolute Gasteiger partial charge is 0.192 e. The number of allylic oxidation sites excluding steroid dienone is 4. The largest absolute Gasteiger partial charge is 0.413 e. The summed E-state index contributed by atoms with van der Waals surface area (Å²) in [5, 5.41) is 0.265. The van der Waals surface area contributed by atoms with Gasteiger partial charge in [0.1, 0.15) is 0 Å². The van der Waals surface area contributed by atoms with E-state index in [2.05, 4.69) is 91.1 Å². The summed E-state index contributed by atoms with van der Waals surface area (Å²) in [6, 6.07) is 8.91. The van der Waals surface area contributed by atoms with Gasteiger partial charge in [-0.25, -0.2) is 0 Å². The van der Waals surface area contributed by atoms with E-state index < -0.39 is 8.32 Å². The van der Waals surface area contributed by atoms with Crippen molar-refractivity contribution in [2.24, 2.45) is 0 Å². The van der Waals surface area contributed by atoms with Crippen LogP contribution in [-0.2, 0) is 17.5 Å². The van der Waals surface area contributed by atoms with Crippen molar-refractivity contribution in [3.63, 3.8) is 0 Å². The van der Waals surface area contributed by atoms with Gasteiger partial charge in [0.2, 0.25) is 0 Å². The van der Waals surface area contributed by atoms with Crippen LogP contribution in [0.15, 0.2) is 47.6 Å². The van der Waals surface area contributed by atoms with Gasteiger partial charge in [-0.1, -0.05) is 68.3 Å². The normalized spacial score (nSPS) is 13.0. The van der Waals surface area contributed by atoms with Gasteiger partial charge in [0.15, 0.2) is 8.32 Å². The molecule has 0 unspecified atom stereocenters. The zero-order valence-corrected chi connectivity index (χ0v) is 18.7. The molecule has 1 nitrogen and oxygen atoms in total. The topological polar surface area (TPSA) is 9.23 Å². The van der Waals surface area contributed by atoms with Crippen LogP contribution in [-0.4, -0.2) is 8.32 Å². The summed E-state index contributed by atoms with van der Waals surface area (Å²) in [6.07, 6.45) is 8.00. The van der Waals surface area contributed by atoms with Gasteiger partial charge in [-0.2, -0.15) is 0 Å². The highest BCUT2D eigenvalue weighted by atomic mass is 28.4. The van der Waals surface area contributed by atoms with Gasteiger partial charge in [-0.3, -0.25) is 0 Å². The lowest BCUT2D eigenvalue weighted by molar-refractivity contribution is 0.276. The van der Waals surface area contributed by atoms with Crippen LogP contribution in [0.2, 0.25) is 18.1 Å². The average Bonchev–Trinajstić information content (AvgIpc) is 2.50. The summed E-state index contributed by atoms with van der Waals surface area (Å²) >= 11 is 0. The van der Waals surface area contributed by atoms with Crippen LogP contribution in [0.25, 0.3) is 0 Å². The van der Waals surface area contributed by atoms with Gasteiger partial charge < -0.3 is 4.43 Å². The first-order chi connectivity index (χ1) is 11.5. The molecule has 0 radical (unpaired) electrons. The van der Waals surface area contributed by atoms with Crippen molar-refractivity contribution < 1.29 is 4.43 Å². The predicted molar refractivity (Wildman–Crippen MR) is 115 cm³/mol. The number of benzene rings is 1. The minimum Gasteiger partial charge on any atom is -0.413 e. The van der Waals surface area contributed by atoms with E-state index in [4.69, 9.17) is 4.43 Å². The summed E-state index contributed by atoms with van der Waals surface area (Å²) in [6.45, 7) is 18.8. The van der Waals surface area contributed by atoms with Crippen LogP contribution in [0, 0.1) is 0 Å². The number of hydrogen-bond donors (Lipinski definition) is 0. The van der Waals surface area contributed by atoms with Gasteiger partial charge >= 0.3 is 0 Å². The molecule has 0 atom stereocenters. The summed E-state index contributed by atoms with van der Waals surface area (Å²) < 4.78 is 6.30. The molecule has 1 aromatic rings. The highest BCUT2D eigenvalue weighted by Crippen LogP contribution is 2.37. The minimum absolute atomic E-state index is 0.265. The van der Waals surface area contributed by atoms with Crippen LogP contribution in [0.5, 0.6) is 0 Å². The SMILES string of the molecule is CC(C)=CCC/C(C)=C/Cc1ccc(CO[Si](C)(C)C(C)(C)C)cc1. The minimum atomic E-state index is -1.67. The Morgan fingerprint density at radius 1 is 0.960 bits per heavy atom. The highest BCUT2D eigenvalue weighted by Gasteiger charge is 2.36. The molecule has 0 aromatic heterocycles. The zero-order chi connectivity index (χ0) is 19.1. The number of rotatable bonds is 8. The van der Waals surface area contributed by atoms with E-state index in [0.717, 1.165) is 25.9 Å². The van der Waals surface area contributed by atoms with Crippen molar-refractivity contribution in [3.8, 4) is 0 Å². The van der Waals surface area contributed by atoms with E-state index in [1.54, 1.807) is 0 Å². The Labute approximate surface area is 157 Å². The van der Waals surface area contributed by atoms with E-state index in [-0.39, 0.29) is 5.04 Å². The fourth-order valence-electron chi connectivity index (χ4n) is 2.23. The van der Waals surface area contributed by atoms with Crippen LogP contribution >= 0.6 is 0 Å². The van der Waals surface area contributed by atoms with Crippen molar-refractivity contribution in [1.82, 2.24) is 0 Å². The fraction of sp³-hybridized carbons (Fsp3) is 0.565. The van der Waals surface area contributed by atoms with E-state index >= 15 is 0 Å². The third kappa shape index (κ3) is 8.20. The molecule has 140 valence electrons. The molecule has 0 aliphatic carbocycles. The van der Waals surface area contributed by atoms with E-state index in [1.807, 2.05) is 0 Å². The molecule has 0 heterocycles. The van der Waals surface area contributed by atoms with Crippen LogP contribution in [0.1, 0.15) is 65.5 Å². The molecule has 0 aliphatic heterocycles. The molecular formula is C23H38OSi. The maximum Gasteiger partial charge on any atom is 0.192 e. The predicted octanol–water partition coefficient (Wildman–Crippen LogP) is 7.44. The van der Waals surface area contributed by atoms with Crippen molar-refractivity contribution in [2.75, 3.05) is 0 Å². The summed E-state index contributed by atoms with van der Waals surface area (Å²) in [5.74, 6) is 0. The summed E-state index contributed by atoms with van der Waals surface area (Å²) in [5.41, 5.74) is 5.53. The molecule has 1 rings (SSSR count). The molecule has 2 heteroatoms. The lowest BCUT2D eigenvalue weighted by Crippen LogP contribution is -2.40. The average molecular weight is 359 g/mol. The van der Waals surface area contributed by atoms with Crippen molar-refractivity contribution in [2.45, 2.75) is 85.5 Å². The maximum atomic E-state index is 6.30. The second-order valence-corrected chi connectivity index (χ2v) is 13.7. The second kappa shape index (κ2) is 9.54. The first-order valence-electron chi connectivity index (χ1n) is 9.52. The quantitative estimate of drug-likeness (QED) is 0.346. The monoisotopic (exact) mass is 358 g/mol. The number of hydrogen-bond acceptors (Lipinski definition) is 1. The molecular weight excluding hydrogens is 320 g/mol. The van der Waals surface area contributed by atoms with Crippen LogP contribution in [0.4, 0.5) is 0 Å². The van der Waals surface area contributed by atoms with E-state index in [0.29, 0.717) is 0 Å². The van der Waals surface area contributed by atoms with Crippen molar-refractivity contribution >= 4 is 8.32 Å². The third-order valence-corrected chi connectivity index (χ3v) is 9.68. The van der Waals surface area contributed by atoms with E-state index in [1.165, 1.54) is 22.3 Å². The fourth-order valence-corrected chi connectivity index (χ4v) is 3.20. The van der Waals surface area contributed by atoms with Crippen molar-refractivity contribution in [3.05, 3.63) is 58.7 Å². The Morgan fingerprint density at radius 3 is 2.04 bits per heavy atom. The lowest BCUT2D eigenvalue weighted by atomic mass is 10.1. The van der Waals surface area contributed by atoms with Gasteiger partial charge in [0.05, 0.1) is 6.61 Å². The molecule has 0 bridgehead atoms. The standard InChI is InChI=1S/C23H38OSi/c1-19(2)10-9-11-20(3)12-13-21-14-16-22(17-15-21)18-24-25(7,8)23(4,5)6/h10,12,14-17H,9,11,13,18H2,1-8H3/b20-12+. The Morgan fingerprint density at radius 2 is 1.52 bits per heavy atom. The van der Waals surface area contributed by atoms with Crippen LogP contribution < -0.4 is 0 Å². The first-order valence-corrected chi connectivity index (χ1v) is 12.4. The Kier molecular flexibility index (Phi) is 8.36.